The van der Waals surface area contributed by atoms with E-state index in [1.165, 1.54) is 32.4 Å². The van der Waals surface area contributed by atoms with E-state index in [1.54, 1.807) is 0 Å². The van der Waals surface area contributed by atoms with E-state index < -0.39 is 16.0 Å². The van der Waals surface area contributed by atoms with Crippen LogP contribution in [0, 0.1) is 0 Å². The summed E-state index contributed by atoms with van der Waals surface area (Å²) in [4.78, 5) is 11.4. The van der Waals surface area contributed by atoms with Crippen LogP contribution in [0.4, 0.5) is 0 Å². The summed E-state index contributed by atoms with van der Waals surface area (Å²) < 4.78 is 36.7. The number of hydrogen-bond acceptors (Lipinski definition) is 6. The topological polar surface area (TPSA) is 93.7 Å². The maximum Gasteiger partial charge on any atom is 0.337 e. The van der Waals surface area contributed by atoms with Crippen molar-refractivity contribution >= 4 is 16.0 Å². The van der Waals surface area contributed by atoms with Gasteiger partial charge in [-0.1, -0.05) is 6.92 Å². The normalized spacial score (nSPS) is 11.2. The Kier molecular flexibility index (Phi) is 7.30. The maximum atomic E-state index is 12.3. The molecule has 2 N–H and O–H groups in total. The van der Waals surface area contributed by atoms with Gasteiger partial charge in [-0.2, -0.15) is 0 Å². The van der Waals surface area contributed by atoms with Crippen molar-refractivity contribution in [3.05, 3.63) is 23.8 Å². The fourth-order valence-corrected chi connectivity index (χ4v) is 2.97. The molecule has 0 saturated heterocycles. The lowest BCUT2D eigenvalue weighted by Gasteiger charge is -2.12. The van der Waals surface area contributed by atoms with Crippen molar-refractivity contribution < 1.29 is 22.7 Å². The first-order valence-corrected chi connectivity index (χ1v) is 8.41. The van der Waals surface area contributed by atoms with E-state index in [4.69, 9.17) is 4.74 Å². The number of carbonyl (C=O) groups excluding carboxylic acids is 1. The summed E-state index contributed by atoms with van der Waals surface area (Å²) in [5.41, 5.74) is 0.225. The van der Waals surface area contributed by atoms with Gasteiger partial charge in [-0.05, 0) is 31.2 Å². The molecule has 0 bridgehead atoms. The van der Waals surface area contributed by atoms with Crippen LogP contribution in [0.2, 0.25) is 0 Å². The Hall–Kier alpha value is -1.64. The lowest BCUT2D eigenvalue weighted by molar-refractivity contribution is 0.0600. The van der Waals surface area contributed by atoms with Crippen molar-refractivity contribution in [3.8, 4) is 5.75 Å². The summed E-state index contributed by atoms with van der Waals surface area (Å²) in [5, 5.41) is 3.10. The SMILES string of the molecule is CCCNCCNS(=O)(=O)c1ccc(C(=O)OC)cc1OC. The first kappa shape index (κ1) is 18.4. The molecule has 0 spiro atoms. The predicted molar refractivity (Wildman–Crippen MR) is 82.7 cm³/mol. The maximum absolute atomic E-state index is 12.3. The quantitative estimate of drug-likeness (QED) is 0.513. The summed E-state index contributed by atoms with van der Waals surface area (Å²) in [6, 6.07) is 4.06. The Morgan fingerprint density at radius 3 is 2.50 bits per heavy atom. The van der Waals surface area contributed by atoms with Crippen LogP contribution in [0.25, 0.3) is 0 Å². The minimum atomic E-state index is -3.71. The Bertz CT molecular complexity index is 601. The van der Waals surface area contributed by atoms with Gasteiger partial charge in [0.05, 0.1) is 19.8 Å². The fourth-order valence-electron chi connectivity index (χ4n) is 1.79. The highest BCUT2D eigenvalue weighted by Gasteiger charge is 2.20. The smallest absolute Gasteiger partial charge is 0.337 e. The molecule has 1 aromatic carbocycles. The third-order valence-electron chi connectivity index (χ3n) is 2.89. The molecule has 22 heavy (non-hydrogen) atoms. The van der Waals surface area contributed by atoms with E-state index >= 15 is 0 Å². The molecule has 0 aliphatic heterocycles. The van der Waals surface area contributed by atoms with E-state index in [9.17, 15) is 13.2 Å². The molecule has 0 unspecified atom stereocenters. The lowest BCUT2D eigenvalue weighted by atomic mass is 10.2. The fraction of sp³-hybridized carbons (Fsp3) is 0.500. The van der Waals surface area contributed by atoms with E-state index in [2.05, 4.69) is 14.8 Å². The first-order valence-electron chi connectivity index (χ1n) is 6.93. The van der Waals surface area contributed by atoms with E-state index in [1.807, 2.05) is 6.92 Å². The lowest BCUT2D eigenvalue weighted by Crippen LogP contribution is -2.32. The Morgan fingerprint density at radius 2 is 1.91 bits per heavy atom. The molecular formula is C14H22N2O5S. The van der Waals surface area contributed by atoms with E-state index in [-0.39, 0.29) is 22.8 Å². The predicted octanol–water partition coefficient (Wildman–Crippen LogP) is 0.760. The van der Waals surface area contributed by atoms with Crippen molar-refractivity contribution in [3.63, 3.8) is 0 Å². The Morgan fingerprint density at radius 1 is 1.18 bits per heavy atom. The highest BCUT2D eigenvalue weighted by molar-refractivity contribution is 7.89. The Balaban J connectivity index is 2.87. The molecule has 0 aromatic heterocycles. The summed E-state index contributed by atoms with van der Waals surface area (Å²) in [5.74, 6) is -0.462. The average molecular weight is 330 g/mol. The molecule has 0 radical (unpaired) electrons. The zero-order chi connectivity index (χ0) is 16.6. The monoisotopic (exact) mass is 330 g/mol. The molecule has 0 heterocycles. The van der Waals surface area contributed by atoms with Crippen LogP contribution >= 0.6 is 0 Å². The number of nitrogens with one attached hydrogen (secondary N) is 2. The van der Waals surface area contributed by atoms with Gasteiger partial charge in [0.2, 0.25) is 10.0 Å². The number of rotatable bonds is 9. The van der Waals surface area contributed by atoms with Crippen molar-refractivity contribution in [2.45, 2.75) is 18.2 Å². The third kappa shape index (κ3) is 4.97. The summed E-state index contributed by atoms with van der Waals surface area (Å²) in [6.07, 6.45) is 0.982. The molecule has 0 aliphatic rings. The number of esters is 1. The molecule has 0 aliphatic carbocycles. The van der Waals surface area contributed by atoms with Gasteiger partial charge in [0.15, 0.2) is 0 Å². The number of hydrogen-bond donors (Lipinski definition) is 2. The molecule has 7 nitrogen and oxygen atoms in total. The second-order valence-electron chi connectivity index (χ2n) is 4.50. The van der Waals surface area contributed by atoms with Crippen LogP contribution in [0.15, 0.2) is 23.1 Å². The van der Waals surface area contributed by atoms with Crippen LogP contribution in [-0.2, 0) is 14.8 Å². The molecule has 8 heteroatoms. The average Bonchev–Trinajstić information content (AvgIpc) is 2.53. The van der Waals surface area contributed by atoms with Gasteiger partial charge >= 0.3 is 5.97 Å². The molecule has 0 fully saturated rings. The minimum absolute atomic E-state index is 0.0156. The minimum Gasteiger partial charge on any atom is -0.495 e. The van der Waals surface area contributed by atoms with Crippen LogP contribution in [0.5, 0.6) is 5.75 Å². The van der Waals surface area contributed by atoms with Gasteiger partial charge < -0.3 is 14.8 Å². The molecule has 0 saturated carbocycles. The molecule has 124 valence electrons. The van der Waals surface area contributed by atoms with E-state index in [0.29, 0.717) is 6.54 Å². The van der Waals surface area contributed by atoms with Gasteiger partial charge in [-0.15, -0.1) is 0 Å². The first-order chi connectivity index (χ1) is 10.5. The van der Waals surface area contributed by atoms with Crippen molar-refractivity contribution in [2.24, 2.45) is 0 Å². The van der Waals surface area contributed by atoms with Crippen LogP contribution < -0.4 is 14.8 Å². The summed E-state index contributed by atoms with van der Waals surface area (Å²) in [6.45, 7) is 3.67. The second kappa shape index (κ2) is 8.72. The number of sulfonamides is 1. The third-order valence-corrected chi connectivity index (χ3v) is 4.40. The molecule has 0 atom stereocenters. The van der Waals surface area contributed by atoms with Crippen LogP contribution in [0.3, 0.4) is 0 Å². The van der Waals surface area contributed by atoms with E-state index in [0.717, 1.165) is 13.0 Å². The summed E-state index contributed by atoms with van der Waals surface area (Å²) >= 11 is 0. The summed E-state index contributed by atoms with van der Waals surface area (Å²) in [7, 11) is -1.11. The standard InChI is InChI=1S/C14H22N2O5S/c1-4-7-15-8-9-16-22(18,19)13-6-5-11(14(17)21-3)10-12(13)20-2/h5-6,10,15-16H,4,7-9H2,1-3H3. The Labute approximate surface area is 131 Å². The van der Waals surface area contributed by atoms with Gasteiger partial charge in [0, 0.05) is 13.1 Å². The van der Waals surface area contributed by atoms with Crippen molar-refractivity contribution in [1.82, 2.24) is 10.0 Å². The number of benzene rings is 1. The molecule has 0 amide bonds. The van der Waals surface area contributed by atoms with Gasteiger partial charge in [-0.25, -0.2) is 17.9 Å². The zero-order valence-corrected chi connectivity index (χ0v) is 13.8. The van der Waals surface area contributed by atoms with Gasteiger partial charge in [-0.3, -0.25) is 0 Å². The number of methoxy groups -OCH3 is 2. The van der Waals surface area contributed by atoms with Gasteiger partial charge in [0.25, 0.3) is 0 Å². The molecular weight excluding hydrogens is 308 g/mol. The highest BCUT2D eigenvalue weighted by Crippen LogP contribution is 2.25. The molecule has 1 aromatic rings. The number of carbonyl (C=O) groups is 1. The zero-order valence-electron chi connectivity index (χ0n) is 13.0. The second-order valence-corrected chi connectivity index (χ2v) is 6.24. The van der Waals surface area contributed by atoms with Crippen LogP contribution in [0.1, 0.15) is 23.7 Å². The number of ether oxygens (including phenoxy) is 2. The van der Waals surface area contributed by atoms with Gasteiger partial charge in [0.1, 0.15) is 10.6 Å². The van der Waals surface area contributed by atoms with Crippen LogP contribution in [-0.4, -0.2) is 48.2 Å². The highest BCUT2D eigenvalue weighted by atomic mass is 32.2. The molecule has 1 rings (SSSR count). The largest absolute Gasteiger partial charge is 0.495 e. The van der Waals surface area contributed by atoms with Crippen molar-refractivity contribution in [2.75, 3.05) is 33.9 Å². The van der Waals surface area contributed by atoms with Crippen molar-refractivity contribution in [1.29, 1.82) is 0 Å².